The van der Waals surface area contributed by atoms with E-state index in [9.17, 15) is 27.9 Å². The Hall–Kier alpha value is -3.95. The third kappa shape index (κ3) is 7.08. The molecule has 0 aliphatic carbocycles. The number of carboxylic acids is 1. The van der Waals surface area contributed by atoms with Crippen molar-refractivity contribution in [2.75, 3.05) is 11.9 Å². The van der Waals surface area contributed by atoms with Crippen molar-refractivity contribution in [1.82, 2.24) is 9.97 Å². The van der Waals surface area contributed by atoms with Gasteiger partial charge in [-0.1, -0.05) is 31.5 Å². The van der Waals surface area contributed by atoms with E-state index in [0.717, 1.165) is 25.0 Å². The van der Waals surface area contributed by atoms with Gasteiger partial charge in [0.2, 0.25) is 5.91 Å². The predicted molar refractivity (Wildman–Crippen MR) is 137 cm³/mol. The number of ether oxygens (including phenoxy) is 1. The third-order valence-electron chi connectivity index (χ3n) is 6.00. The summed E-state index contributed by atoms with van der Waals surface area (Å²) in [6.07, 6.45) is -0.571. The van der Waals surface area contributed by atoms with Gasteiger partial charge in [0.1, 0.15) is 5.75 Å². The molecule has 0 radical (unpaired) electrons. The summed E-state index contributed by atoms with van der Waals surface area (Å²) in [4.78, 5) is 34.9. The number of alkyl halides is 3. The molecule has 0 unspecified atom stereocenters. The summed E-state index contributed by atoms with van der Waals surface area (Å²) < 4.78 is 44.3. The van der Waals surface area contributed by atoms with Crippen molar-refractivity contribution in [3.05, 3.63) is 71.5 Å². The lowest BCUT2D eigenvalue weighted by Gasteiger charge is -2.23. The summed E-state index contributed by atoms with van der Waals surface area (Å²) in [5.41, 5.74) is 0.0717. The van der Waals surface area contributed by atoms with E-state index in [1.807, 2.05) is 6.92 Å². The molecule has 0 fully saturated rings. The summed E-state index contributed by atoms with van der Waals surface area (Å²) in [5, 5.41) is 9.31. The van der Waals surface area contributed by atoms with Crippen LogP contribution in [0.3, 0.4) is 0 Å². The van der Waals surface area contributed by atoms with Gasteiger partial charge in [-0.15, -0.1) is 0 Å². The molecule has 3 aromatic rings. The highest BCUT2D eigenvalue weighted by Crippen LogP contribution is 2.31. The normalized spacial score (nSPS) is 11.8. The van der Waals surface area contributed by atoms with Crippen LogP contribution in [0.5, 0.6) is 5.75 Å². The van der Waals surface area contributed by atoms with Crippen LogP contribution in [0.4, 0.5) is 18.9 Å². The van der Waals surface area contributed by atoms with Gasteiger partial charge in [0, 0.05) is 41.8 Å². The van der Waals surface area contributed by atoms with E-state index in [0.29, 0.717) is 40.5 Å². The van der Waals surface area contributed by atoms with E-state index in [1.165, 1.54) is 30.9 Å². The van der Waals surface area contributed by atoms with Gasteiger partial charge in [-0.25, -0.2) is 14.8 Å². The molecule has 202 valence electrons. The van der Waals surface area contributed by atoms with Gasteiger partial charge < -0.3 is 14.7 Å². The quantitative estimate of drug-likeness (QED) is 0.349. The smallest absolute Gasteiger partial charge is 0.416 e. The number of aryl methyl sites for hydroxylation is 1. The first-order valence-electron chi connectivity index (χ1n) is 12.1. The first kappa shape index (κ1) is 28.6. The Morgan fingerprint density at radius 2 is 1.76 bits per heavy atom. The van der Waals surface area contributed by atoms with Crippen LogP contribution in [0.15, 0.2) is 54.7 Å². The van der Waals surface area contributed by atoms with Crippen molar-refractivity contribution in [2.24, 2.45) is 0 Å². The molecule has 10 heteroatoms. The largest absolute Gasteiger partial charge is 0.478 e. The van der Waals surface area contributed by atoms with Crippen molar-refractivity contribution in [1.29, 1.82) is 0 Å². The molecule has 38 heavy (non-hydrogen) atoms. The van der Waals surface area contributed by atoms with Crippen LogP contribution < -0.4 is 9.64 Å². The Balaban J connectivity index is 1.82. The Morgan fingerprint density at radius 1 is 1.08 bits per heavy atom. The van der Waals surface area contributed by atoms with E-state index in [4.69, 9.17) is 4.74 Å². The first-order chi connectivity index (χ1) is 17.8. The number of carboxylic acid groups (broad SMARTS) is 1. The number of carbonyl (C=O) groups excluding carboxylic acids is 1. The van der Waals surface area contributed by atoms with Crippen molar-refractivity contribution < 1.29 is 32.6 Å². The van der Waals surface area contributed by atoms with Crippen molar-refractivity contribution >= 4 is 17.6 Å². The second-order valence-electron chi connectivity index (χ2n) is 9.39. The van der Waals surface area contributed by atoms with E-state index >= 15 is 0 Å². The Bertz CT molecular complexity index is 1290. The number of anilines is 1. The average molecular weight is 530 g/mol. The topological polar surface area (TPSA) is 92.6 Å². The maximum absolute atomic E-state index is 13.2. The zero-order chi connectivity index (χ0) is 28.1. The molecule has 0 saturated carbocycles. The highest BCUT2D eigenvalue weighted by molar-refractivity contribution is 5.94. The van der Waals surface area contributed by atoms with Crippen LogP contribution in [0.2, 0.25) is 0 Å². The number of halogens is 3. The average Bonchev–Trinajstić information content (AvgIpc) is 2.87. The molecule has 0 aliphatic heterocycles. The molecule has 1 amide bonds. The van der Waals surface area contributed by atoms with Crippen molar-refractivity contribution in [3.63, 3.8) is 0 Å². The maximum Gasteiger partial charge on any atom is 0.416 e. The van der Waals surface area contributed by atoms with Gasteiger partial charge >= 0.3 is 12.1 Å². The van der Waals surface area contributed by atoms with Crippen LogP contribution >= 0.6 is 0 Å². The van der Waals surface area contributed by atoms with Gasteiger partial charge in [0.05, 0.1) is 12.0 Å². The number of amides is 1. The lowest BCUT2D eigenvalue weighted by atomic mass is 10.1. The minimum absolute atomic E-state index is 0.00848. The fourth-order valence-electron chi connectivity index (χ4n) is 3.62. The fourth-order valence-corrected chi connectivity index (χ4v) is 3.62. The number of aliphatic carboxylic acids is 1. The standard InChI is InChI=1S/C28H30F3N3O4/c1-5-6-10-23-19(17-32-25(33-23)18-11-13-20(14-12-18)28(29,30)31)15-24(35)34(4)21-8-7-9-22(16-21)38-27(2,3)26(36)37/h7-9,11-14,16-17H,5-6,10,15H2,1-4H3,(H,36,37). The molecule has 1 heterocycles. The monoisotopic (exact) mass is 529 g/mol. The minimum Gasteiger partial charge on any atom is -0.478 e. The van der Waals surface area contributed by atoms with Crippen LogP contribution in [-0.4, -0.2) is 39.6 Å². The molecule has 1 N–H and O–H groups in total. The SMILES string of the molecule is CCCCc1nc(-c2ccc(C(F)(F)F)cc2)ncc1CC(=O)N(C)c1cccc(OC(C)(C)C(=O)O)c1. The molecular weight excluding hydrogens is 499 g/mol. The number of unbranched alkanes of at least 4 members (excludes halogenated alkanes) is 1. The summed E-state index contributed by atoms with van der Waals surface area (Å²) in [7, 11) is 1.60. The maximum atomic E-state index is 13.2. The molecule has 1 aromatic heterocycles. The van der Waals surface area contributed by atoms with Crippen LogP contribution in [0.25, 0.3) is 11.4 Å². The highest BCUT2D eigenvalue weighted by atomic mass is 19.4. The number of hydrogen-bond donors (Lipinski definition) is 1. The molecule has 3 rings (SSSR count). The lowest BCUT2D eigenvalue weighted by molar-refractivity contribution is -0.152. The number of benzene rings is 2. The van der Waals surface area contributed by atoms with Crippen molar-refractivity contribution in [3.8, 4) is 17.1 Å². The van der Waals surface area contributed by atoms with Gasteiger partial charge in [0.25, 0.3) is 0 Å². The summed E-state index contributed by atoms with van der Waals surface area (Å²) in [6, 6.07) is 11.2. The minimum atomic E-state index is -4.43. The number of likely N-dealkylation sites (N-methyl/N-ethyl adjacent to an activating group) is 1. The van der Waals surface area contributed by atoms with Crippen LogP contribution in [-0.2, 0) is 28.6 Å². The van der Waals surface area contributed by atoms with Gasteiger partial charge in [-0.2, -0.15) is 13.2 Å². The fraction of sp³-hybridized carbons (Fsp3) is 0.357. The second kappa shape index (κ2) is 11.6. The Labute approximate surface area is 219 Å². The molecule has 0 atom stereocenters. The number of aromatic nitrogens is 2. The number of hydrogen-bond acceptors (Lipinski definition) is 5. The zero-order valence-electron chi connectivity index (χ0n) is 21.7. The summed E-state index contributed by atoms with van der Waals surface area (Å²) >= 11 is 0. The molecule has 0 saturated heterocycles. The van der Waals surface area contributed by atoms with Gasteiger partial charge in [-0.05, 0) is 51.0 Å². The molecule has 0 aliphatic rings. The molecule has 2 aromatic carbocycles. The second-order valence-corrected chi connectivity index (χ2v) is 9.39. The number of rotatable bonds is 10. The van der Waals surface area contributed by atoms with Gasteiger partial charge in [0.15, 0.2) is 11.4 Å². The van der Waals surface area contributed by atoms with Crippen LogP contribution in [0.1, 0.15) is 50.4 Å². The first-order valence-corrected chi connectivity index (χ1v) is 12.1. The molecular formula is C28H30F3N3O4. The van der Waals surface area contributed by atoms with Crippen LogP contribution in [0, 0.1) is 0 Å². The number of nitrogens with zero attached hydrogens (tertiary/aromatic N) is 3. The number of carbonyl (C=O) groups is 2. The van der Waals surface area contributed by atoms with E-state index in [1.54, 1.807) is 37.5 Å². The lowest BCUT2D eigenvalue weighted by Crippen LogP contribution is -2.38. The summed E-state index contributed by atoms with van der Waals surface area (Å²) in [5.74, 6) is -0.766. The third-order valence-corrected chi connectivity index (χ3v) is 6.00. The van der Waals surface area contributed by atoms with Gasteiger partial charge in [-0.3, -0.25) is 4.79 Å². The Kier molecular flexibility index (Phi) is 8.75. The molecule has 0 spiro atoms. The van der Waals surface area contributed by atoms with E-state index in [-0.39, 0.29) is 12.3 Å². The zero-order valence-corrected chi connectivity index (χ0v) is 21.7. The van der Waals surface area contributed by atoms with E-state index in [2.05, 4.69) is 9.97 Å². The predicted octanol–water partition coefficient (Wildman–Crippen LogP) is 5.95. The Morgan fingerprint density at radius 3 is 2.37 bits per heavy atom. The highest BCUT2D eigenvalue weighted by Gasteiger charge is 2.31. The van der Waals surface area contributed by atoms with E-state index < -0.39 is 23.3 Å². The van der Waals surface area contributed by atoms with Crippen molar-refractivity contribution in [2.45, 2.75) is 58.2 Å². The summed E-state index contributed by atoms with van der Waals surface area (Å²) in [6.45, 7) is 4.89. The molecule has 0 bridgehead atoms. The molecule has 7 nitrogen and oxygen atoms in total.